The molecule has 24 heavy (non-hydrogen) atoms. The molecule has 132 valence electrons. The summed E-state index contributed by atoms with van der Waals surface area (Å²) in [5.41, 5.74) is 0.547. The molecule has 5 nitrogen and oxygen atoms in total. The van der Waals surface area contributed by atoms with Crippen LogP contribution in [0.2, 0.25) is 5.02 Å². The molecule has 0 radical (unpaired) electrons. The Kier molecular flexibility index (Phi) is 6.40. The average molecular weight is 371 g/mol. The Morgan fingerprint density at radius 1 is 1.17 bits per heavy atom. The van der Waals surface area contributed by atoms with Gasteiger partial charge in [-0.25, -0.2) is 0 Å². The van der Waals surface area contributed by atoms with Crippen molar-refractivity contribution in [3.63, 3.8) is 0 Å². The molecular formula is C17H23ClN2O3S. The van der Waals surface area contributed by atoms with Gasteiger partial charge in [-0.05, 0) is 25.5 Å². The number of unbranched alkanes of at least 4 members (excludes halogenated alkanes) is 4. The fraction of sp³-hybridized carbons (Fsp3) is 0.529. The third-order valence-corrected chi connectivity index (χ3v) is 6.25. The summed E-state index contributed by atoms with van der Waals surface area (Å²) >= 11 is 5.97. The zero-order valence-electron chi connectivity index (χ0n) is 14.0. The van der Waals surface area contributed by atoms with Crippen molar-refractivity contribution in [1.29, 1.82) is 0 Å². The molecule has 1 aromatic carbocycles. The molecule has 7 heteroatoms. The Balaban J connectivity index is 2.11. The first kappa shape index (κ1) is 18.9. The van der Waals surface area contributed by atoms with Crippen molar-refractivity contribution in [3.8, 4) is 0 Å². The van der Waals surface area contributed by atoms with Gasteiger partial charge in [0.05, 0.1) is 10.9 Å². The molecule has 2 rings (SSSR count). The van der Waals surface area contributed by atoms with Gasteiger partial charge in [0.15, 0.2) is 0 Å². The molecule has 0 spiro atoms. The van der Waals surface area contributed by atoms with Crippen molar-refractivity contribution in [2.45, 2.75) is 57.3 Å². The number of rotatable bonds is 8. The number of carbonyl (C=O) groups excluding carboxylic acids is 1. The van der Waals surface area contributed by atoms with Crippen LogP contribution in [0.15, 0.2) is 34.3 Å². The molecule has 1 aliphatic heterocycles. The maximum absolute atomic E-state index is 12.7. The predicted molar refractivity (Wildman–Crippen MR) is 95.5 cm³/mol. The maximum Gasteiger partial charge on any atom is 0.287 e. The SMILES string of the molecule is CCCCCCC[C@H]1C(=O)N(S(=O)(=O)c2ccccc2Cl)N=C1C. The van der Waals surface area contributed by atoms with E-state index < -0.39 is 21.8 Å². The maximum atomic E-state index is 12.7. The fourth-order valence-corrected chi connectivity index (χ4v) is 4.56. The van der Waals surface area contributed by atoms with E-state index in [0.717, 1.165) is 25.7 Å². The lowest BCUT2D eigenvalue weighted by Crippen LogP contribution is -2.32. The summed E-state index contributed by atoms with van der Waals surface area (Å²) in [4.78, 5) is 12.5. The Morgan fingerprint density at radius 3 is 2.50 bits per heavy atom. The summed E-state index contributed by atoms with van der Waals surface area (Å²) in [7, 11) is -4.06. The highest BCUT2D eigenvalue weighted by Crippen LogP contribution is 2.30. The minimum Gasteiger partial charge on any atom is -0.271 e. The average Bonchev–Trinajstić information content (AvgIpc) is 2.83. The molecule has 0 aromatic heterocycles. The summed E-state index contributed by atoms with van der Waals surface area (Å²) in [5.74, 6) is -0.938. The Bertz CT molecular complexity index is 731. The third-order valence-electron chi connectivity index (χ3n) is 4.18. The van der Waals surface area contributed by atoms with Crippen LogP contribution in [0.3, 0.4) is 0 Å². The van der Waals surface area contributed by atoms with E-state index in [9.17, 15) is 13.2 Å². The van der Waals surface area contributed by atoms with Gasteiger partial charge in [-0.2, -0.15) is 13.5 Å². The molecule has 0 aliphatic carbocycles. The molecule has 0 unspecified atom stereocenters. The van der Waals surface area contributed by atoms with Crippen LogP contribution in [-0.4, -0.2) is 24.5 Å². The van der Waals surface area contributed by atoms with Crippen LogP contribution in [0, 0.1) is 5.92 Å². The largest absolute Gasteiger partial charge is 0.287 e. The molecule has 0 N–H and O–H groups in total. The van der Waals surface area contributed by atoms with E-state index in [1.165, 1.54) is 18.6 Å². The number of hydrogen-bond donors (Lipinski definition) is 0. The highest BCUT2D eigenvalue weighted by atomic mass is 35.5. The summed E-state index contributed by atoms with van der Waals surface area (Å²) in [5, 5.41) is 4.09. The zero-order valence-corrected chi connectivity index (χ0v) is 15.6. The first-order valence-electron chi connectivity index (χ1n) is 8.28. The lowest BCUT2D eigenvalue weighted by Gasteiger charge is -2.15. The van der Waals surface area contributed by atoms with Crippen LogP contribution in [0.4, 0.5) is 0 Å². The second-order valence-electron chi connectivity index (χ2n) is 6.01. The molecule has 1 aromatic rings. The standard InChI is InChI=1S/C17H23ClN2O3S/c1-3-4-5-6-7-10-14-13(2)19-20(17(14)21)24(22,23)16-12-9-8-11-15(16)18/h8-9,11-12,14H,3-7,10H2,1-2H3/t14-/m1/s1. The van der Waals surface area contributed by atoms with Crippen molar-refractivity contribution < 1.29 is 13.2 Å². The van der Waals surface area contributed by atoms with Gasteiger partial charge in [0.2, 0.25) is 0 Å². The lowest BCUT2D eigenvalue weighted by atomic mass is 9.97. The van der Waals surface area contributed by atoms with E-state index >= 15 is 0 Å². The molecule has 0 fully saturated rings. The van der Waals surface area contributed by atoms with E-state index in [1.54, 1.807) is 19.1 Å². The minimum atomic E-state index is -4.06. The fourth-order valence-electron chi connectivity index (χ4n) is 2.78. The van der Waals surface area contributed by atoms with Crippen molar-refractivity contribution >= 4 is 33.2 Å². The molecule has 0 bridgehead atoms. The van der Waals surface area contributed by atoms with Crippen LogP contribution in [0.5, 0.6) is 0 Å². The van der Waals surface area contributed by atoms with Gasteiger partial charge in [-0.1, -0.05) is 62.8 Å². The van der Waals surface area contributed by atoms with Crippen LogP contribution in [0.25, 0.3) is 0 Å². The second kappa shape index (κ2) is 8.12. The van der Waals surface area contributed by atoms with Crippen molar-refractivity contribution in [2.24, 2.45) is 11.0 Å². The van der Waals surface area contributed by atoms with E-state index in [4.69, 9.17) is 11.6 Å². The summed E-state index contributed by atoms with van der Waals surface area (Å²) in [6.07, 6.45) is 6.04. The van der Waals surface area contributed by atoms with Crippen molar-refractivity contribution in [1.82, 2.24) is 4.41 Å². The summed E-state index contributed by atoms with van der Waals surface area (Å²) in [6.45, 7) is 3.85. The van der Waals surface area contributed by atoms with Gasteiger partial charge in [0.25, 0.3) is 15.9 Å². The molecule has 1 amide bonds. The number of halogens is 1. The van der Waals surface area contributed by atoms with Gasteiger partial charge >= 0.3 is 0 Å². The van der Waals surface area contributed by atoms with Gasteiger partial charge in [-0.15, -0.1) is 4.41 Å². The van der Waals surface area contributed by atoms with E-state index in [-0.39, 0.29) is 9.92 Å². The van der Waals surface area contributed by atoms with Crippen molar-refractivity contribution in [3.05, 3.63) is 29.3 Å². The van der Waals surface area contributed by atoms with Gasteiger partial charge in [0, 0.05) is 5.71 Å². The second-order valence-corrected chi connectivity index (χ2v) is 8.16. The van der Waals surface area contributed by atoms with E-state index in [1.807, 2.05) is 0 Å². The molecule has 1 heterocycles. The van der Waals surface area contributed by atoms with E-state index in [0.29, 0.717) is 16.5 Å². The molecule has 1 aliphatic rings. The number of sulfonamides is 1. The van der Waals surface area contributed by atoms with Gasteiger partial charge < -0.3 is 0 Å². The first-order valence-corrected chi connectivity index (χ1v) is 10.1. The first-order chi connectivity index (χ1) is 11.4. The Labute approximate surface area is 148 Å². The van der Waals surface area contributed by atoms with Gasteiger partial charge in [0.1, 0.15) is 4.90 Å². The smallest absolute Gasteiger partial charge is 0.271 e. The highest BCUT2D eigenvalue weighted by molar-refractivity contribution is 7.89. The number of carbonyl (C=O) groups is 1. The molecule has 0 saturated carbocycles. The minimum absolute atomic E-state index is 0.0844. The van der Waals surface area contributed by atoms with Crippen molar-refractivity contribution in [2.75, 3.05) is 0 Å². The Hall–Kier alpha value is -1.40. The summed E-state index contributed by atoms with van der Waals surface area (Å²) < 4.78 is 26.0. The monoisotopic (exact) mass is 370 g/mol. The lowest BCUT2D eigenvalue weighted by molar-refractivity contribution is -0.127. The molecule has 0 saturated heterocycles. The topological polar surface area (TPSA) is 66.8 Å². The highest BCUT2D eigenvalue weighted by Gasteiger charge is 2.41. The number of nitrogens with zero attached hydrogens (tertiary/aromatic N) is 2. The third kappa shape index (κ3) is 3.98. The number of hydrogen-bond acceptors (Lipinski definition) is 4. The molecular weight excluding hydrogens is 348 g/mol. The Morgan fingerprint density at radius 2 is 1.83 bits per heavy atom. The van der Waals surface area contributed by atoms with Crippen LogP contribution in [0.1, 0.15) is 52.4 Å². The predicted octanol–water partition coefficient (Wildman–Crippen LogP) is 4.22. The zero-order chi connectivity index (χ0) is 17.7. The number of hydrazone groups is 1. The summed E-state index contributed by atoms with van der Waals surface area (Å²) in [6, 6.07) is 6.08. The molecule has 1 atom stereocenters. The number of amides is 1. The van der Waals surface area contributed by atoms with Crippen LogP contribution >= 0.6 is 11.6 Å². The van der Waals surface area contributed by atoms with Crippen LogP contribution in [-0.2, 0) is 14.8 Å². The van der Waals surface area contributed by atoms with Crippen LogP contribution < -0.4 is 0 Å². The van der Waals surface area contributed by atoms with E-state index in [2.05, 4.69) is 12.0 Å². The quantitative estimate of drug-likeness (QED) is 0.643. The van der Waals surface area contributed by atoms with Gasteiger partial charge in [-0.3, -0.25) is 4.79 Å². The normalized spacial score (nSPS) is 18.1. The number of benzene rings is 1.